The molecule has 0 radical (unpaired) electrons. The first-order chi connectivity index (χ1) is 22.3. The van der Waals surface area contributed by atoms with Crippen LogP contribution in [0.4, 0.5) is 21.9 Å². The fraction of sp³-hybridized carbons (Fsp3) is 0.257. The van der Waals surface area contributed by atoms with Gasteiger partial charge in [0.2, 0.25) is 5.91 Å². The Morgan fingerprint density at radius 1 is 0.935 bits per heavy atom. The van der Waals surface area contributed by atoms with E-state index in [1.165, 1.54) is 17.7 Å². The maximum Gasteiger partial charge on any atom is 0.322 e. The SMILES string of the molecule is C=C/C(=C\C=N/C)CNC(=O)c1cc(Cl)c(NC(=O)N2CCN(c3ccc(NC(=O)CCCc4ccccc4)cc3)CC2)c(Cl)c1. The molecule has 0 atom stereocenters. The molecule has 4 rings (SSSR count). The fourth-order valence-corrected chi connectivity index (χ4v) is 5.49. The molecule has 0 bridgehead atoms. The normalized spacial score (nSPS) is 13.4. The van der Waals surface area contributed by atoms with Crippen LogP contribution in [0.2, 0.25) is 10.0 Å². The largest absolute Gasteiger partial charge is 0.368 e. The van der Waals surface area contributed by atoms with Gasteiger partial charge in [-0.25, -0.2) is 4.79 Å². The molecular formula is C35H38Cl2N6O3. The summed E-state index contributed by atoms with van der Waals surface area (Å²) in [6.45, 7) is 6.23. The van der Waals surface area contributed by atoms with E-state index in [2.05, 4.69) is 44.6 Å². The Bertz CT molecular complexity index is 1560. The molecule has 11 heteroatoms. The number of carbonyl (C=O) groups is 3. The number of aliphatic imine (C=N–C) groups is 1. The second-order valence-electron chi connectivity index (χ2n) is 10.7. The first kappa shape index (κ1) is 34.3. The van der Waals surface area contributed by atoms with E-state index in [1.807, 2.05) is 42.5 Å². The number of rotatable bonds is 12. The van der Waals surface area contributed by atoms with Crippen molar-refractivity contribution < 1.29 is 14.4 Å². The molecule has 0 aromatic heterocycles. The van der Waals surface area contributed by atoms with Gasteiger partial charge in [-0.3, -0.25) is 14.6 Å². The van der Waals surface area contributed by atoms with Gasteiger partial charge in [0, 0.05) is 69.3 Å². The lowest BCUT2D eigenvalue weighted by Crippen LogP contribution is -2.50. The third-order valence-electron chi connectivity index (χ3n) is 7.48. The quantitative estimate of drug-likeness (QED) is 0.146. The van der Waals surface area contributed by atoms with E-state index in [4.69, 9.17) is 23.2 Å². The molecule has 0 spiro atoms. The van der Waals surface area contributed by atoms with Crippen LogP contribution < -0.4 is 20.9 Å². The third kappa shape index (κ3) is 9.95. The zero-order valence-corrected chi connectivity index (χ0v) is 27.3. The number of benzene rings is 3. The van der Waals surface area contributed by atoms with Crippen LogP contribution in [0.25, 0.3) is 0 Å². The van der Waals surface area contributed by atoms with Crippen molar-refractivity contribution in [3.8, 4) is 0 Å². The first-order valence-corrected chi connectivity index (χ1v) is 15.8. The number of halogens is 2. The van der Waals surface area contributed by atoms with Crippen LogP contribution in [0, 0.1) is 0 Å². The maximum absolute atomic E-state index is 13.1. The van der Waals surface area contributed by atoms with E-state index in [-0.39, 0.29) is 45.7 Å². The number of hydrogen-bond acceptors (Lipinski definition) is 5. The molecule has 1 saturated heterocycles. The minimum absolute atomic E-state index is 0.00502. The molecule has 4 amide bonds. The summed E-state index contributed by atoms with van der Waals surface area (Å²) in [6, 6.07) is 20.5. The molecular weight excluding hydrogens is 623 g/mol. The van der Waals surface area contributed by atoms with E-state index in [0.717, 1.165) is 29.8 Å². The molecule has 1 heterocycles. The highest BCUT2D eigenvalue weighted by Crippen LogP contribution is 2.32. The fourth-order valence-electron chi connectivity index (χ4n) is 4.91. The summed E-state index contributed by atoms with van der Waals surface area (Å²) < 4.78 is 0. The average molecular weight is 662 g/mol. The summed E-state index contributed by atoms with van der Waals surface area (Å²) >= 11 is 12.9. The number of amides is 4. The monoisotopic (exact) mass is 660 g/mol. The number of hydrogen-bond donors (Lipinski definition) is 3. The van der Waals surface area contributed by atoms with Gasteiger partial charge in [-0.15, -0.1) is 0 Å². The van der Waals surface area contributed by atoms with Crippen molar-refractivity contribution in [1.82, 2.24) is 10.2 Å². The molecule has 1 aliphatic rings. The Morgan fingerprint density at radius 2 is 1.61 bits per heavy atom. The molecule has 9 nitrogen and oxygen atoms in total. The highest BCUT2D eigenvalue weighted by atomic mass is 35.5. The summed E-state index contributed by atoms with van der Waals surface area (Å²) in [5, 5.41) is 8.87. The van der Waals surface area contributed by atoms with Crippen molar-refractivity contribution >= 4 is 64.3 Å². The summed E-state index contributed by atoms with van der Waals surface area (Å²) in [5.74, 6) is -0.372. The van der Waals surface area contributed by atoms with Crippen LogP contribution >= 0.6 is 23.2 Å². The molecule has 1 aliphatic heterocycles. The van der Waals surface area contributed by atoms with Crippen molar-refractivity contribution in [2.45, 2.75) is 19.3 Å². The van der Waals surface area contributed by atoms with Gasteiger partial charge >= 0.3 is 6.03 Å². The standard InChI is InChI=1S/C35H38Cl2N6O3/c1-3-25(16-17-38-2)24-39-34(45)27-22-30(36)33(31(37)23-27)41-35(46)43-20-18-42(19-21-43)29-14-12-28(13-15-29)40-32(44)11-7-10-26-8-5-4-6-9-26/h3-6,8-9,12-17,22-23H,1,7,10-11,18-21,24H2,2H3,(H,39,45)(H,40,44)(H,41,46)/b25-16+,38-17-. The molecule has 0 aliphatic carbocycles. The van der Waals surface area contributed by atoms with Crippen molar-refractivity contribution in [3.05, 3.63) is 112 Å². The Hall–Kier alpha value is -4.60. The highest BCUT2D eigenvalue weighted by Gasteiger charge is 2.23. The molecule has 240 valence electrons. The van der Waals surface area contributed by atoms with Crippen molar-refractivity contribution in [1.29, 1.82) is 0 Å². The number of nitrogens with one attached hydrogen (secondary N) is 3. The predicted octanol–water partition coefficient (Wildman–Crippen LogP) is 6.85. The van der Waals surface area contributed by atoms with E-state index in [0.29, 0.717) is 32.6 Å². The lowest BCUT2D eigenvalue weighted by atomic mass is 10.1. The lowest BCUT2D eigenvalue weighted by Gasteiger charge is -2.36. The van der Waals surface area contributed by atoms with Gasteiger partial charge in [0.05, 0.1) is 15.7 Å². The first-order valence-electron chi connectivity index (χ1n) is 15.0. The van der Waals surface area contributed by atoms with E-state index >= 15 is 0 Å². The number of carbonyl (C=O) groups excluding carboxylic acids is 3. The van der Waals surface area contributed by atoms with Gasteiger partial charge in [0.25, 0.3) is 5.91 Å². The topological polar surface area (TPSA) is 106 Å². The minimum atomic E-state index is -0.367. The van der Waals surface area contributed by atoms with Crippen LogP contribution in [-0.2, 0) is 11.2 Å². The third-order valence-corrected chi connectivity index (χ3v) is 8.08. The number of anilines is 3. The van der Waals surface area contributed by atoms with Crippen molar-refractivity contribution in [2.75, 3.05) is 55.3 Å². The van der Waals surface area contributed by atoms with Gasteiger partial charge in [-0.05, 0) is 66.5 Å². The van der Waals surface area contributed by atoms with E-state index in [1.54, 1.807) is 30.3 Å². The van der Waals surface area contributed by atoms with Crippen LogP contribution in [0.5, 0.6) is 0 Å². The number of nitrogens with zero attached hydrogens (tertiary/aromatic N) is 3. The van der Waals surface area contributed by atoms with E-state index in [9.17, 15) is 14.4 Å². The summed E-state index contributed by atoms with van der Waals surface area (Å²) in [6.07, 6.45) is 7.11. The molecule has 0 saturated carbocycles. The highest BCUT2D eigenvalue weighted by molar-refractivity contribution is 6.40. The molecule has 3 aromatic carbocycles. The second-order valence-corrected chi connectivity index (χ2v) is 11.5. The van der Waals surface area contributed by atoms with Crippen LogP contribution in [0.1, 0.15) is 28.8 Å². The Kier molecular flexibility index (Phi) is 12.8. The Morgan fingerprint density at radius 3 is 2.24 bits per heavy atom. The molecule has 1 fully saturated rings. The average Bonchev–Trinajstić information content (AvgIpc) is 3.07. The van der Waals surface area contributed by atoms with Crippen LogP contribution in [0.15, 0.2) is 96.0 Å². The van der Waals surface area contributed by atoms with Gasteiger partial charge in [0.15, 0.2) is 0 Å². The Labute approximate surface area is 280 Å². The predicted molar refractivity (Wildman–Crippen MR) is 189 cm³/mol. The zero-order valence-electron chi connectivity index (χ0n) is 25.8. The van der Waals surface area contributed by atoms with Gasteiger partial charge in [-0.1, -0.05) is 66.2 Å². The van der Waals surface area contributed by atoms with Crippen LogP contribution in [-0.4, -0.2) is 68.7 Å². The van der Waals surface area contributed by atoms with E-state index < -0.39 is 0 Å². The maximum atomic E-state index is 13.1. The van der Waals surface area contributed by atoms with Crippen LogP contribution in [0.3, 0.4) is 0 Å². The van der Waals surface area contributed by atoms with Crippen molar-refractivity contribution in [3.63, 3.8) is 0 Å². The molecule has 3 aromatic rings. The summed E-state index contributed by atoms with van der Waals surface area (Å²) in [7, 11) is 1.65. The molecule has 46 heavy (non-hydrogen) atoms. The number of urea groups is 1. The second kappa shape index (κ2) is 17.2. The minimum Gasteiger partial charge on any atom is -0.368 e. The van der Waals surface area contributed by atoms with Gasteiger partial charge < -0.3 is 25.8 Å². The lowest BCUT2D eigenvalue weighted by molar-refractivity contribution is -0.116. The van der Waals surface area contributed by atoms with Gasteiger partial charge in [0.1, 0.15) is 0 Å². The summed E-state index contributed by atoms with van der Waals surface area (Å²) in [4.78, 5) is 45.9. The molecule has 3 N–H and O–H groups in total. The van der Waals surface area contributed by atoms with Gasteiger partial charge in [-0.2, -0.15) is 0 Å². The zero-order chi connectivity index (χ0) is 32.9. The number of piperazine rings is 1. The Balaban J connectivity index is 1.23. The van der Waals surface area contributed by atoms with Crippen molar-refractivity contribution in [2.24, 2.45) is 4.99 Å². The molecule has 0 unspecified atom stereocenters. The summed E-state index contributed by atoms with van der Waals surface area (Å²) in [5.41, 5.74) is 4.29. The number of allylic oxidation sites excluding steroid dienone is 1. The number of aryl methyl sites for hydroxylation is 1. The smallest absolute Gasteiger partial charge is 0.322 e.